The van der Waals surface area contributed by atoms with Gasteiger partial charge in [-0.25, -0.2) is 0 Å². The maximum absolute atomic E-state index is 11.5. The van der Waals surface area contributed by atoms with Crippen LogP contribution in [0, 0.1) is 46.3 Å². The van der Waals surface area contributed by atoms with Gasteiger partial charge in [0.15, 0.2) is 0 Å². The van der Waals surface area contributed by atoms with Crippen molar-refractivity contribution in [3.8, 4) is 0 Å². The van der Waals surface area contributed by atoms with E-state index in [2.05, 4.69) is 40.7 Å². The van der Waals surface area contributed by atoms with Gasteiger partial charge < -0.3 is 9.84 Å². The van der Waals surface area contributed by atoms with Crippen molar-refractivity contribution in [2.45, 2.75) is 118 Å². The van der Waals surface area contributed by atoms with Crippen LogP contribution in [0.5, 0.6) is 0 Å². The van der Waals surface area contributed by atoms with Crippen LogP contribution in [0.2, 0.25) is 0 Å². The Labute approximate surface area is 196 Å². The summed E-state index contributed by atoms with van der Waals surface area (Å²) in [5.74, 6) is 3.96. The van der Waals surface area contributed by atoms with Gasteiger partial charge in [-0.05, 0) is 104 Å². The number of hydrogen-bond donors (Lipinski definition) is 1. The average molecular weight is 445 g/mol. The Morgan fingerprint density at radius 3 is 2.53 bits per heavy atom. The molecule has 3 nitrogen and oxygen atoms in total. The average Bonchev–Trinajstić information content (AvgIpc) is 3.08. The molecule has 4 rings (SSSR count). The van der Waals surface area contributed by atoms with Crippen LogP contribution in [0.4, 0.5) is 0 Å². The predicted molar refractivity (Wildman–Crippen MR) is 130 cm³/mol. The first-order chi connectivity index (χ1) is 15.1. The van der Waals surface area contributed by atoms with E-state index in [0.717, 1.165) is 49.9 Å². The second-order valence-corrected chi connectivity index (χ2v) is 12.9. The Morgan fingerprint density at radius 2 is 1.84 bits per heavy atom. The van der Waals surface area contributed by atoms with Crippen LogP contribution in [0.15, 0.2) is 11.6 Å². The molecule has 0 amide bonds. The van der Waals surface area contributed by atoms with Crippen molar-refractivity contribution in [3.63, 3.8) is 0 Å². The molecule has 182 valence electrons. The topological polar surface area (TPSA) is 46.5 Å². The molecular formula is C29H48O3. The fraction of sp³-hybridized carbons (Fsp3) is 0.897. The number of allylic oxidation sites excluding steroid dienone is 1. The van der Waals surface area contributed by atoms with Crippen LogP contribution in [0.3, 0.4) is 0 Å². The van der Waals surface area contributed by atoms with Crippen molar-refractivity contribution in [3.05, 3.63) is 11.6 Å². The fourth-order valence-corrected chi connectivity index (χ4v) is 8.90. The minimum Gasteiger partial charge on any atom is -0.462 e. The van der Waals surface area contributed by atoms with E-state index >= 15 is 0 Å². The van der Waals surface area contributed by atoms with E-state index in [0.29, 0.717) is 28.6 Å². The molecule has 0 aromatic rings. The summed E-state index contributed by atoms with van der Waals surface area (Å²) < 4.78 is 5.60. The number of fused-ring (bicyclic) bond motifs is 5. The second-order valence-electron chi connectivity index (χ2n) is 12.9. The van der Waals surface area contributed by atoms with Crippen molar-refractivity contribution >= 4 is 5.97 Å². The zero-order chi connectivity index (χ0) is 23.3. The van der Waals surface area contributed by atoms with E-state index in [-0.39, 0.29) is 18.2 Å². The van der Waals surface area contributed by atoms with Gasteiger partial charge in [0.1, 0.15) is 6.10 Å². The third-order valence-electron chi connectivity index (χ3n) is 10.7. The SMILES string of the molecule is CC(=O)O[C@H]1CC[C@@]2(C)C(=CC[C@@H]3[C@H]4CC[C@@H]([C@H](C)[C@H](O)CCC(C)C)[C@@]4(C)CC[C@H]32)C1. The molecule has 0 spiro atoms. The smallest absolute Gasteiger partial charge is 0.302 e. The number of ether oxygens (including phenoxy) is 1. The van der Waals surface area contributed by atoms with Crippen molar-refractivity contribution < 1.29 is 14.6 Å². The number of esters is 1. The summed E-state index contributed by atoms with van der Waals surface area (Å²) in [6, 6.07) is 0. The fourth-order valence-electron chi connectivity index (χ4n) is 8.90. The molecule has 0 heterocycles. The first kappa shape index (κ1) is 24.3. The molecule has 0 aliphatic heterocycles. The molecule has 0 aromatic carbocycles. The lowest BCUT2D eigenvalue weighted by Gasteiger charge is -2.58. The van der Waals surface area contributed by atoms with E-state index in [4.69, 9.17) is 4.74 Å². The lowest BCUT2D eigenvalue weighted by atomic mass is 9.47. The normalized spacial score (nSPS) is 43.0. The van der Waals surface area contributed by atoms with Gasteiger partial charge in [0.2, 0.25) is 0 Å². The highest BCUT2D eigenvalue weighted by atomic mass is 16.5. The lowest BCUT2D eigenvalue weighted by molar-refractivity contribution is -0.148. The molecule has 0 saturated heterocycles. The number of hydrogen-bond acceptors (Lipinski definition) is 3. The van der Waals surface area contributed by atoms with Gasteiger partial charge >= 0.3 is 5.97 Å². The third kappa shape index (κ3) is 4.21. The number of carbonyl (C=O) groups is 1. The van der Waals surface area contributed by atoms with Crippen molar-refractivity contribution in [2.75, 3.05) is 0 Å². The first-order valence-corrected chi connectivity index (χ1v) is 13.6. The largest absolute Gasteiger partial charge is 0.462 e. The zero-order valence-electron chi connectivity index (χ0n) is 21.5. The van der Waals surface area contributed by atoms with Crippen molar-refractivity contribution in [1.29, 1.82) is 0 Å². The van der Waals surface area contributed by atoms with E-state index in [9.17, 15) is 9.90 Å². The Balaban J connectivity index is 1.49. The molecular weight excluding hydrogens is 396 g/mol. The summed E-state index contributed by atoms with van der Waals surface area (Å²) in [7, 11) is 0. The van der Waals surface area contributed by atoms with Crippen molar-refractivity contribution in [2.24, 2.45) is 46.3 Å². The molecule has 0 radical (unpaired) electrons. The Kier molecular flexibility index (Phi) is 6.90. The standard InChI is InChI=1S/C29H48O3/c1-18(2)7-12-27(31)19(3)24-10-11-25-23-9-8-21-17-22(32-20(4)30)13-15-28(21,5)26(23)14-16-29(24,25)6/h8,18-19,22-27,31H,7,9-17H2,1-6H3/t19-,22-,23+,24-,25+,26+,27+,28-,29+/m0/s1. The highest BCUT2D eigenvalue weighted by Crippen LogP contribution is 2.67. The van der Waals surface area contributed by atoms with Gasteiger partial charge in [0.05, 0.1) is 6.10 Å². The maximum atomic E-state index is 11.5. The lowest BCUT2D eigenvalue weighted by Crippen LogP contribution is -2.51. The van der Waals surface area contributed by atoms with Crippen LogP contribution < -0.4 is 0 Å². The van der Waals surface area contributed by atoms with Gasteiger partial charge in [0, 0.05) is 13.3 Å². The van der Waals surface area contributed by atoms with Crippen LogP contribution in [0.1, 0.15) is 106 Å². The third-order valence-corrected chi connectivity index (χ3v) is 10.7. The molecule has 32 heavy (non-hydrogen) atoms. The Morgan fingerprint density at radius 1 is 1.09 bits per heavy atom. The number of aliphatic hydroxyl groups excluding tert-OH is 1. The van der Waals surface area contributed by atoms with Crippen molar-refractivity contribution in [1.82, 2.24) is 0 Å². The summed E-state index contributed by atoms with van der Waals surface area (Å²) in [5.41, 5.74) is 2.25. The summed E-state index contributed by atoms with van der Waals surface area (Å²) in [6.07, 6.45) is 14.2. The zero-order valence-corrected chi connectivity index (χ0v) is 21.5. The molecule has 0 aromatic heterocycles. The summed E-state index contributed by atoms with van der Waals surface area (Å²) in [4.78, 5) is 11.5. The van der Waals surface area contributed by atoms with E-state index < -0.39 is 0 Å². The molecule has 4 aliphatic rings. The molecule has 1 N–H and O–H groups in total. The van der Waals surface area contributed by atoms with Crippen LogP contribution in [-0.2, 0) is 9.53 Å². The monoisotopic (exact) mass is 444 g/mol. The van der Waals surface area contributed by atoms with Crippen LogP contribution in [0.25, 0.3) is 0 Å². The first-order valence-electron chi connectivity index (χ1n) is 13.6. The van der Waals surface area contributed by atoms with Gasteiger partial charge in [-0.3, -0.25) is 4.79 Å². The van der Waals surface area contributed by atoms with Gasteiger partial charge in [0.25, 0.3) is 0 Å². The van der Waals surface area contributed by atoms with E-state index in [1.807, 2.05) is 0 Å². The van der Waals surface area contributed by atoms with Crippen LogP contribution >= 0.6 is 0 Å². The molecule has 4 aliphatic carbocycles. The number of carbonyl (C=O) groups excluding carboxylic acids is 1. The second kappa shape index (κ2) is 9.08. The quantitative estimate of drug-likeness (QED) is 0.357. The molecule has 0 bridgehead atoms. The minimum absolute atomic E-state index is 0.0845. The van der Waals surface area contributed by atoms with Gasteiger partial charge in [-0.15, -0.1) is 0 Å². The Bertz CT molecular complexity index is 726. The molecule has 9 atom stereocenters. The molecule has 3 heteroatoms. The highest BCUT2D eigenvalue weighted by molar-refractivity contribution is 5.66. The van der Waals surface area contributed by atoms with Gasteiger partial charge in [-0.2, -0.15) is 0 Å². The Hall–Kier alpha value is -0.830. The van der Waals surface area contributed by atoms with E-state index in [1.54, 1.807) is 12.5 Å². The van der Waals surface area contributed by atoms with Crippen LogP contribution in [-0.4, -0.2) is 23.3 Å². The van der Waals surface area contributed by atoms with E-state index in [1.165, 1.54) is 32.1 Å². The number of rotatable bonds is 6. The maximum Gasteiger partial charge on any atom is 0.302 e. The molecule has 3 fully saturated rings. The van der Waals surface area contributed by atoms with Gasteiger partial charge in [-0.1, -0.05) is 46.3 Å². The highest BCUT2D eigenvalue weighted by Gasteiger charge is 2.59. The minimum atomic E-state index is -0.150. The number of aliphatic hydroxyl groups is 1. The molecule has 3 saturated carbocycles. The molecule has 0 unspecified atom stereocenters. The summed E-state index contributed by atoms with van der Waals surface area (Å²) >= 11 is 0. The summed E-state index contributed by atoms with van der Waals surface area (Å²) in [5, 5.41) is 11.0. The summed E-state index contributed by atoms with van der Waals surface area (Å²) in [6.45, 7) is 13.5. The predicted octanol–water partition coefficient (Wildman–Crippen LogP) is 6.93.